The van der Waals surface area contributed by atoms with Gasteiger partial charge in [0, 0.05) is 48.6 Å². The fourth-order valence-electron chi connectivity index (χ4n) is 3.37. The molecule has 1 aliphatic rings. The van der Waals surface area contributed by atoms with Gasteiger partial charge < -0.3 is 10.5 Å². The molecule has 0 spiro atoms. The molecule has 152 valence electrons. The zero-order chi connectivity index (χ0) is 20.4. The first-order valence-electron chi connectivity index (χ1n) is 9.78. The first kappa shape index (κ1) is 19.5. The largest absolute Gasteiger partial charge is 0.383 e. The molecule has 1 fully saturated rings. The molecular weight excluding hydrogens is 371 g/mol. The molecule has 2 aromatic heterocycles. The number of benzene rings is 1. The zero-order valence-corrected chi connectivity index (χ0v) is 16.7. The molecule has 1 aliphatic heterocycles. The molecule has 0 amide bonds. The highest BCUT2D eigenvalue weighted by Gasteiger charge is 2.16. The average Bonchev–Trinajstić information content (AvgIpc) is 3.21. The van der Waals surface area contributed by atoms with Crippen LogP contribution in [0.2, 0.25) is 0 Å². The fourth-order valence-corrected chi connectivity index (χ4v) is 3.37. The molecule has 8 heteroatoms. The number of nitrogen functional groups attached to an aromatic ring is 1. The average molecular weight is 396 g/mol. The Hall–Kier alpha value is -2.84. The van der Waals surface area contributed by atoms with E-state index in [9.17, 15) is 4.39 Å². The molecule has 4 rings (SSSR count). The lowest BCUT2D eigenvalue weighted by Crippen LogP contribution is -2.35. The molecular formula is C21H25FN6O. The predicted molar refractivity (Wildman–Crippen MR) is 110 cm³/mol. The number of hydrogen-bond donors (Lipinski definition) is 1. The topological polar surface area (TPSA) is 82.1 Å². The van der Waals surface area contributed by atoms with Crippen LogP contribution in [0.5, 0.6) is 0 Å². The van der Waals surface area contributed by atoms with Crippen LogP contribution >= 0.6 is 0 Å². The van der Waals surface area contributed by atoms with Crippen LogP contribution in [0, 0.1) is 5.82 Å². The first-order valence-corrected chi connectivity index (χ1v) is 9.78. The van der Waals surface area contributed by atoms with Gasteiger partial charge in [-0.1, -0.05) is 11.3 Å². The Morgan fingerprint density at radius 1 is 1.17 bits per heavy atom. The van der Waals surface area contributed by atoms with Crippen molar-refractivity contribution in [1.29, 1.82) is 0 Å². The van der Waals surface area contributed by atoms with Crippen LogP contribution in [-0.4, -0.2) is 51.2 Å². The third kappa shape index (κ3) is 4.28. The van der Waals surface area contributed by atoms with Gasteiger partial charge in [0.25, 0.3) is 0 Å². The van der Waals surface area contributed by atoms with E-state index in [1.807, 2.05) is 32.2 Å². The molecule has 0 unspecified atom stereocenters. The van der Waals surface area contributed by atoms with Gasteiger partial charge in [0.05, 0.1) is 19.4 Å². The molecule has 7 nitrogen and oxygen atoms in total. The second-order valence-electron chi connectivity index (χ2n) is 7.53. The van der Waals surface area contributed by atoms with Crippen LogP contribution in [0.25, 0.3) is 22.4 Å². The molecule has 29 heavy (non-hydrogen) atoms. The number of hydrogen-bond acceptors (Lipinski definition) is 6. The van der Waals surface area contributed by atoms with E-state index in [1.54, 1.807) is 16.9 Å². The standard InChI is InChI=1S/C21H25FN6O/c1-14(2)28-13-20(25-26-28)18-10-16(11-24-21(18)23)15-3-4-19(22)17(9-15)12-27-5-7-29-8-6-27/h3-4,9-11,13-14H,5-8,12H2,1-2H3,(H2,23,24). The van der Waals surface area contributed by atoms with E-state index in [2.05, 4.69) is 20.2 Å². The third-order valence-electron chi connectivity index (χ3n) is 5.11. The van der Waals surface area contributed by atoms with Crippen LogP contribution in [0.1, 0.15) is 25.5 Å². The number of ether oxygens (including phenoxy) is 1. The van der Waals surface area contributed by atoms with Gasteiger partial charge in [-0.05, 0) is 37.6 Å². The Balaban J connectivity index is 1.65. The van der Waals surface area contributed by atoms with Gasteiger partial charge in [-0.15, -0.1) is 5.10 Å². The summed E-state index contributed by atoms with van der Waals surface area (Å²) in [4.78, 5) is 6.53. The van der Waals surface area contributed by atoms with E-state index in [1.165, 1.54) is 6.07 Å². The highest BCUT2D eigenvalue weighted by molar-refractivity contribution is 5.77. The summed E-state index contributed by atoms with van der Waals surface area (Å²) in [5.41, 5.74) is 9.89. The van der Waals surface area contributed by atoms with Crippen LogP contribution in [0.15, 0.2) is 36.7 Å². The lowest BCUT2D eigenvalue weighted by atomic mass is 10.0. The van der Waals surface area contributed by atoms with E-state index in [0.717, 1.165) is 24.2 Å². The third-order valence-corrected chi connectivity index (χ3v) is 5.11. The maximum Gasteiger partial charge on any atom is 0.132 e. The van der Waals surface area contributed by atoms with Gasteiger partial charge in [0.15, 0.2) is 0 Å². The number of rotatable bonds is 5. The van der Waals surface area contributed by atoms with Crippen molar-refractivity contribution < 1.29 is 9.13 Å². The molecule has 0 radical (unpaired) electrons. The number of halogens is 1. The van der Waals surface area contributed by atoms with Crippen molar-refractivity contribution in [3.63, 3.8) is 0 Å². The Kier molecular flexibility index (Phi) is 5.55. The summed E-state index contributed by atoms with van der Waals surface area (Å²) < 4.78 is 21.6. The van der Waals surface area contributed by atoms with E-state index >= 15 is 0 Å². The summed E-state index contributed by atoms with van der Waals surface area (Å²) in [7, 11) is 0. The summed E-state index contributed by atoms with van der Waals surface area (Å²) >= 11 is 0. The van der Waals surface area contributed by atoms with Crippen molar-refractivity contribution in [3.05, 3.63) is 48.0 Å². The maximum absolute atomic E-state index is 14.4. The van der Waals surface area contributed by atoms with Gasteiger partial charge in [-0.25, -0.2) is 14.1 Å². The van der Waals surface area contributed by atoms with Gasteiger partial charge in [0.1, 0.15) is 17.3 Å². The van der Waals surface area contributed by atoms with Crippen LogP contribution in [-0.2, 0) is 11.3 Å². The minimum absolute atomic E-state index is 0.202. The van der Waals surface area contributed by atoms with Crippen LogP contribution in [0.3, 0.4) is 0 Å². The van der Waals surface area contributed by atoms with Crippen molar-refractivity contribution in [2.75, 3.05) is 32.0 Å². The zero-order valence-electron chi connectivity index (χ0n) is 16.7. The van der Waals surface area contributed by atoms with Crippen LogP contribution < -0.4 is 5.73 Å². The van der Waals surface area contributed by atoms with Gasteiger partial charge >= 0.3 is 0 Å². The molecule has 2 N–H and O–H groups in total. The molecule has 1 saturated heterocycles. The number of anilines is 1. The number of aromatic nitrogens is 4. The summed E-state index contributed by atoms with van der Waals surface area (Å²) in [5, 5.41) is 8.37. The molecule has 3 heterocycles. The van der Waals surface area contributed by atoms with E-state index in [0.29, 0.717) is 42.4 Å². The van der Waals surface area contributed by atoms with Gasteiger partial charge in [-0.2, -0.15) is 0 Å². The van der Waals surface area contributed by atoms with Crippen LogP contribution in [0.4, 0.5) is 10.2 Å². The monoisotopic (exact) mass is 396 g/mol. The number of nitrogens with zero attached hydrogens (tertiary/aromatic N) is 5. The lowest BCUT2D eigenvalue weighted by Gasteiger charge is -2.26. The summed E-state index contributed by atoms with van der Waals surface area (Å²) in [6, 6.07) is 7.29. The molecule has 0 atom stereocenters. The van der Waals surface area contributed by atoms with Crippen molar-refractivity contribution in [3.8, 4) is 22.4 Å². The summed E-state index contributed by atoms with van der Waals surface area (Å²) in [6.07, 6.45) is 3.56. The van der Waals surface area contributed by atoms with Crippen molar-refractivity contribution in [2.45, 2.75) is 26.4 Å². The van der Waals surface area contributed by atoms with E-state index < -0.39 is 0 Å². The number of morpholine rings is 1. The predicted octanol–water partition coefficient (Wildman–Crippen LogP) is 3.14. The van der Waals surface area contributed by atoms with Gasteiger partial charge in [0.2, 0.25) is 0 Å². The lowest BCUT2D eigenvalue weighted by molar-refractivity contribution is 0.0337. The minimum Gasteiger partial charge on any atom is -0.383 e. The van der Waals surface area contributed by atoms with Crippen molar-refractivity contribution >= 4 is 5.82 Å². The molecule has 0 bridgehead atoms. The molecule has 0 aliphatic carbocycles. The maximum atomic E-state index is 14.4. The normalized spacial score (nSPS) is 15.2. The summed E-state index contributed by atoms with van der Waals surface area (Å²) in [5.74, 6) is 0.184. The van der Waals surface area contributed by atoms with Crippen molar-refractivity contribution in [1.82, 2.24) is 24.9 Å². The Morgan fingerprint density at radius 2 is 1.97 bits per heavy atom. The van der Waals surface area contributed by atoms with E-state index in [-0.39, 0.29) is 11.9 Å². The fraction of sp³-hybridized carbons (Fsp3) is 0.381. The van der Waals surface area contributed by atoms with E-state index in [4.69, 9.17) is 10.5 Å². The smallest absolute Gasteiger partial charge is 0.132 e. The Labute approximate surface area is 169 Å². The Bertz CT molecular complexity index is 997. The second kappa shape index (κ2) is 8.26. The summed E-state index contributed by atoms with van der Waals surface area (Å²) in [6.45, 7) is 7.61. The van der Waals surface area contributed by atoms with Crippen molar-refractivity contribution in [2.24, 2.45) is 0 Å². The number of pyridine rings is 1. The highest BCUT2D eigenvalue weighted by Crippen LogP contribution is 2.30. The molecule has 0 saturated carbocycles. The Morgan fingerprint density at radius 3 is 2.69 bits per heavy atom. The highest BCUT2D eigenvalue weighted by atomic mass is 19.1. The minimum atomic E-state index is -0.205. The second-order valence-corrected chi connectivity index (χ2v) is 7.53. The molecule has 3 aromatic rings. The van der Waals surface area contributed by atoms with Gasteiger partial charge in [-0.3, -0.25) is 4.90 Å². The quantitative estimate of drug-likeness (QED) is 0.713. The number of nitrogens with two attached hydrogens (primary N) is 1. The SMILES string of the molecule is CC(C)n1cc(-c2cc(-c3ccc(F)c(CN4CCOCC4)c3)cnc2N)nn1. The first-order chi connectivity index (χ1) is 14.0. The molecule has 1 aromatic carbocycles.